The van der Waals surface area contributed by atoms with E-state index < -0.39 is 0 Å². The molecule has 1 aliphatic rings. The summed E-state index contributed by atoms with van der Waals surface area (Å²) in [4.78, 5) is 14.6. The van der Waals surface area contributed by atoms with Crippen LogP contribution in [-0.4, -0.2) is 18.6 Å². The van der Waals surface area contributed by atoms with Crippen LogP contribution in [0, 0.1) is 12.7 Å². The lowest BCUT2D eigenvalue weighted by Gasteiger charge is -2.38. The van der Waals surface area contributed by atoms with Crippen LogP contribution in [0.4, 0.5) is 10.1 Å². The first-order valence-corrected chi connectivity index (χ1v) is 9.62. The number of aryl methyl sites for hydroxylation is 1. The lowest BCUT2D eigenvalue weighted by molar-refractivity contribution is -0.121. The molecular weight excluding hydrogens is 371 g/mol. The van der Waals surface area contributed by atoms with Gasteiger partial charge in [0, 0.05) is 12.6 Å². The molecule has 150 valence electrons. The maximum atomic E-state index is 13.7. The van der Waals surface area contributed by atoms with Gasteiger partial charge in [-0.1, -0.05) is 29.8 Å². The highest BCUT2D eigenvalue weighted by Gasteiger charge is 2.29. The largest absolute Gasteiger partial charge is 0.489 e. The van der Waals surface area contributed by atoms with Crippen molar-refractivity contribution in [2.24, 2.45) is 0 Å². The number of benzene rings is 2. The molecule has 1 aromatic heterocycles. The number of halogens is 1. The number of furan rings is 1. The minimum Gasteiger partial charge on any atom is -0.489 e. The van der Waals surface area contributed by atoms with E-state index in [1.165, 1.54) is 17.7 Å². The van der Waals surface area contributed by atoms with Crippen LogP contribution in [0.1, 0.15) is 23.3 Å². The van der Waals surface area contributed by atoms with Gasteiger partial charge in [0.1, 0.15) is 23.9 Å². The second-order valence-electron chi connectivity index (χ2n) is 7.25. The van der Waals surface area contributed by atoms with Crippen molar-refractivity contribution < 1.29 is 18.3 Å². The molecule has 0 bridgehead atoms. The van der Waals surface area contributed by atoms with Crippen molar-refractivity contribution in [3.8, 4) is 5.75 Å². The summed E-state index contributed by atoms with van der Waals surface area (Å²) in [5, 5.41) is 2.88. The molecule has 1 amide bonds. The molecule has 0 spiro atoms. The summed E-state index contributed by atoms with van der Waals surface area (Å²) in [5.41, 5.74) is 3.10. The molecule has 1 aliphatic heterocycles. The first kappa shape index (κ1) is 19.1. The highest BCUT2D eigenvalue weighted by molar-refractivity contribution is 5.77. The summed E-state index contributed by atoms with van der Waals surface area (Å²) in [6, 6.07) is 16.2. The van der Waals surface area contributed by atoms with Crippen LogP contribution in [0.3, 0.4) is 0 Å². The summed E-state index contributed by atoms with van der Waals surface area (Å²) in [7, 11) is 0. The summed E-state index contributed by atoms with van der Waals surface area (Å²) >= 11 is 0. The Bertz CT molecular complexity index is 970. The number of carbonyl (C=O) groups is 1. The quantitative estimate of drug-likeness (QED) is 0.681. The first-order valence-electron chi connectivity index (χ1n) is 9.62. The van der Waals surface area contributed by atoms with Crippen molar-refractivity contribution in [1.82, 2.24) is 5.32 Å². The third-order valence-corrected chi connectivity index (χ3v) is 5.04. The zero-order valence-electron chi connectivity index (χ0n) is 16.2. The molecule has 3 aromatic rings. The van der Waals surface area contributed by atoms with Crippen molar-refractivity contribution in [2.45, 2.75) is 32.5 Å². The minimum absolute atomic E-state index is 0.0885. The van der Waals surface area contributed by atoms with Crippen LogP contribution in [-0.2, 0) is 17.9 Å². The third-order valence-electron chi connectivity index (χ3n) is 5.04. The maximum Gasteiger partial charge on any atom is 0.222 e. The molecule has 0 unspecified atom stereocenters. The molecule has 2 heterocycles. The molecule has 0 saturated heterocycles. The van der Waals surface area contributed by atoms with E-state index in [4.69, 9.17) is 9.15 Å². The second-order valence-corrected chi connectivity index (χ2v) is 7.25. The predicted octanol–water partition coefficient (Wildman–Crippen LogP) is 4.20. The van der Waals surface area contributed by atoms with E-state index in [2.05, 4.69) is 34.5 Å². The number of carbonyl (C=O) groups excluding carboxylic acids is 1. The molecule has 0 radical (unpaired) electrons. The van der Waals surface area contributed by atoms with Crippen LogP contribution < -0.4 is 15.0 Å². The smallest absolute Gasteiger partial charge is 0.222 e. The SMILES string of the molecule is Cc1ccc(CN2c3ccc(F)cc3OC[C@H]2CC(=O)NCc2ccco2)cc1. The van der Waals surface area contributed by atoms with Crippen molar-refractivity contribution in [1.29, 1.82) is 0 Å². The van der Waals surface area contributed by atoms with Crippen LogP contribution in [0.15, 0.2) is 65.3 Å². The van der Waals surface area contributed by atoms with Gasteiger partial charge in [-0.05, 0) is 36.8 Å². The average molecular weight is 394 g/mol. The van der Waals surface area contributed by atoms with Gasteiger partial charge in [-0.25, -0.2) is 4.39 Å². The fraction of sp³-hybridized carbons (Fsp3) is 0.261. The number of fused-ring (bicyclic) bond motifs is 1. The van der Waals surface area contributed by atoms with Gasteiger partial charge >= 0.3 is 0 Å². The van der Waals surface area contributed by atoms with Crippen LogP contribution in [0.2, 0.25) is 0 Å². The Morgan fingerprint density at radius 1 is 1.21 bits per heavy atom. The average Bonchev–Trinajstić information content (AvgIpc) is 3.23. The molecule has 0 aliphatic carbocycles. The normalized spacial score (nSPS) is 15.5. The zero-order chi connectivity index (χ0) is 20.2. The van der Waals surface area contributed by atoms with E-state index in [0.717, 1.165) is 11.3 Å². The van der Waals surface area contributed by atoms with Crippen LogP contribution in [0.5, 0.6) is 5.75 Å². The van der Waals surface area contributed by atoms with Gasteiger partial charge in [0.2, 0.25) is 5.91 Å². The number of hydrogen-bond acceptors (Lipinski definition) is 4. The predicted molar refractivity (Wildman–Crippen MR) is 108 cm³/mol. The molecule has 29 heavy (non-hydrogen) atoms. The molecule has 1 atom stereocenters. The number of nitrogens with zero attached hydrogens (tertiary/aromatic N) is 1. The van der Waals surface area contributed by atoms with Crippen molar-refractivity contribution >= 4 is 11.6 Å². The molecule has 2 aromatic carbocycles. The highest BCUT2D eigenvalue weighted by atomic mass is 19.1. The number of amides is 1. The molecule has 4 rings (SSSR count). The van der Waals surface area contributed by atoms with E-state index in [1.54, 1.807) is 18.4 Å². The monoisotopic (exact) mass is 394 g/mol. The lowest BCUT2D eigenvalue weighted by Crippen LogP contribution is -2.45. The van der Waals surface area contributed by atoms with E-state index in [1.807, 2.05) is 13.0 Å². The van der Waals surface area contributed by atoms with E-state index in [-0.39, 0.29) is 24.2 Å². The molecule has 6 heteroatoms. The molecule has 0 fully saturated rings. The van der Waals surface area contributed by atoms with Gasteiger partial charge < -0.3 is 19.4 Å². The van der Waals surface area contributed by atoms with Crippen molar-refractivity contribution in [2.75, 3.05) is 11.5 Å². The molecular formula is C23H23FN2O3. The summed E-state index contributed by atoms with van der Waals surface area (Å²) in [6.45, 7) is 3.32. The highest BCUT2D eigenvalue weighted by Crippen LogP contribution is 2.36. The second kappa shape index (κ2) is 8.39. The van der Waals surface area contributed by atoms with E-state index in [9.17, 15) is 9.18 Å². The van der Waals surface area contributed by atoms with Gasteiger partial charge in [0.25, 0.3) is 0 Å². The third kappa shape index (κ3) is 4.59. The summed E-state index contributed by atoms with van der Waals surface area (Å²) < 4.78 is 24.7. The lowest BCUT2D eigenvalue weighted by atomic mass is 10.1. The Morgan fingerprint density at radius 3 is 2.79 bits per heavy atom. The topological polar surface area (TPSA) is 54.7 Å². The Morgan fingerprint density at radius 2 is 2.03 bits per heavy atom. The fourth-order valence-electron chi connectivity index (χ4n) is 3.47. The van der Waals surface area contributed by atoms with Gasteiger partial charge in [0.05, 0.1) is 31.0 Å². The number of nitrogens with one attached hydrogen (secondary N) is 1. The van der Waals surface area contributed by atoms with Gasteiger partial charge in [-0.3, -0.25) is 4.79 Å². The van der Waals surface area contributed by atoms with Crippen LogP contribution in [0.25, 0.3) is 0 Å². The summed E-state index contributed by atoms with van der Waals surface area (Å²) in [6.07, 6.45) is 1.85. The van der Waals surface area contributed by atoms with Crippen molar-refractivity contribution in [3.05, 3.63) is 83.6 Å². The number of ether oxygens (including phenoxy) is 1. The van der Waals surface area contributed by atoms with Gasteiger partial charge in [-0.2, -0.15) is 0 Å². The first-order chi connectivity index (χ1) is 14.1. The molecule has 1 N–H and O–H groups in total. The number of hydrogen-bond donors (Lipinski definition) is 1. The summed E-state index contributed by atoms with van der Waals surface area (Å²) in [5.74, 6) is 0.781. The Hall–Kier alpha value is -3.28. The molecule has 5 nitrogen and oxygen atoms in total. The standard InChI is InChI=1S/C23H23FN2O3/c1-16-4-6-17(7-5-16)14-26-19(12-23(27)25-13-20-3-2-10-28-20)15-29-22-11-18(24)8-9-21(22)26/h2-11,19H,12-15H2,1H3,(H,25,27)/t19-/m1/s1. The van der Waals surface area contributed by atoms with Gasteiger partial charge in [0.15, 0.2) is 0 Å². The van der Waals surface area contributed by atoms with E-state index >= 15 is 0 Å². The zero-order valence-corrected chi connectivity index (χ0v) is 16.2. The Labute approximate surface area is 169 Å². The van der Waals surface area contributed by atoms with Crippen molar-refractivity contribution in [3.63, 3.8) is 0 Å². The number of anilines is 1. The Balaban J connectivity index is 1.51. The fourth-order valence-corrected chi connectivity index (χ4v) is 3.47. The molecule has 0 saturated carbocycles. The maximum absolute atomic E-state index is 13.7. The Kier molecular flexibility index (Phi) is 5.51. The van der Waals surface area contributed by atoms with Crippen LogP contribution >= 0.6 is 0 Å². The van der Waals surface area contributed by atoms with E-state index in [0.29, 0.717) is 31.2 Å². The number of rotatable bonds is 6. The van der Waals surface area contributed by atoms with Gasteiger partial charge in [-0.15, -0.1) is 0 Å². The minimum atomic E-state index is -0.339.